The highest BCUT2D eigenvalue weighted by Crippen LogP contribution is 2.15. The molecule has 0 radical (unpaired) electrons. The largest absolute Gasteiger partial charge is 0.252 e. The summed E-state index contributed by atoms with van der Waals surface area (Å²) in [5.41, 5.74) is 3.55. The van der Waals surface area contributed by atoms with E-state index in [2.05, 4.69) is 31.0 Å². The first-order valence-corrected chi connectivity index (χ1v) is 6.84. The SMILES string of the molecule is Cc1ccc(CS(=O)c2ccccn2)c(C)c1. The van der Waals surface area contributed by atoms with Crippen molar-refractivity contribution in [1.82, 2.24) is 4.98 Å². The summed E-state index contributed by atoms with van der Waals surface area (Å²) in [5, 5.41) is 0.646. The Balaban J connectivity index is 2.19. The summed E-state index contributed by atoms with van der Waals surface area (Å²) in [7, 11) is -1.06. The highest BCUT2D eigenvalue weighted by molar-refractivity contribution is 7.84. The average Bonchev–Trinajstić information content (AvgIpc) is 2.34. The Morgan fingerprint density at radius 3 is 2.65 bits per heavy atom. The highest BCUT2D eigenvalue weighted by atomic mass is 32.2. The summed E-state index contributed by atoms with van der Waals surface area (Å²) < 4.78 is 12.1. The van der Waals surface area contributed by atoms with Crippen LogP contribution in [0, 0.1) is 13.8 Å². The van der Waals surface area contributed by atoms with Gasteiger partial charge in [-0.2, -0.15) is 0 Å². The molecular weight excluding hydrogens is 230 g/mol. The third kappa shape index (κ3) is 3.01. The number of rotatable bonds is 3. The summed E-state index contributed by atoms with van der Waals surface area (Å²) in [6.45, 7) is 4.12. The van der Waals surface area contributed by atoms with Crippen molar-refractivity contribution in [1.29, 1.82) is 0 Å². The van der Waals surface area contributed by atoms with Gasteiger partial charge in [0, 0.05) is 6.20 Å². The second-order valence-corrected chi connectivity index (χ2v) is 5.49. The maximum atomic E-state index is 12.1. The fourth-order valence-electron chi connectivity index (χ4n) is 1.70. The monoisotopic (exact) mass is 245 g/mol. The normalized spacial score (nSPS) is 12.4. The Bertz CT molecular complexity index is 537. The molecule has 0 bridgehead atoms. The maximum absolute atomic E-state index is 12.1. The van der Waals surface area contributed by atoms with E-state index in [-0.39, 0.29) is 0 Å². The Morgan fingerprint density at radius 1 is 1.18 bits per heavy atom. The van der Waals surface area contributed by atoms with Crippen molar-refractivity contribution in [3.8, 4) is 0 Å². The standard InChI is InChI=1S/C14H15NOS/c1-11-6-7-13(12(2)9-11)10-17(16)14-5-3-4-8-15-14/h3-9H,10H2,1-2H3. The molecule has 0 aliphatic rings. The molecule has 2 nitrogen and oxygen atoms in total. The third-order valence-electron chi connectivity index (χ3n) is 2.66. The molecule has 2 rings (SSSR count). The van der Waals surface area contributed by atoms with Crippen molar-refractivity contribution in [3.05, 3.63) is 59.3 Å². The van der Waals surface area contributed by atoms with Gasteiger partial charge in [0.2, 0.25) is 0 Å². The van der Waals surface area contributed by atoms with E-state index in [1.807, 2.05) is 18.2 Å². The summed E-state index contributed by atoms with van der Waals surface area (Å²) in [6, 6.07) is 11.7. The van der Waals surface area contributed by atoms with Crippen molar-refractivity contribution < 1.29 is 4.21 Å². The molecule has 1 atom stereocenters. The van der Waals surface area contributed by atoms with Crippen LogP contribution in [-0.2, 0) is 16.6 Å². The molecule has 2 aromatic rings. The molecular formula is C14H15NOS. The second kappa shape index (κ2) is 5.23. The van der Waals surface area contributed by atoms with Gasteiger partial charge in [-0.15, -0.1) is 0 Å². The van der Waals surface area contributed by atoms with E-state index in [0.29, 0.717) is 10.8 Å². The van der Waals surface area contributed by atoms with E-state index in [0.717, 1.165) is 5.56 Å². The lowest BCUT2D eigenvalue weighted by molar-refractivity contribution is 0.679. The first kappa shape index (κ1) is 12.0. The predicted molar refractivity (Wildman–Crippen MR) is 70.3 cm³/mol. The van der Waals surface area contributed by atoms with Crippen molar-refractivity contribution in [2.75, 3.05) is 0 Å². The summed E-state index contributed by atoms with van der Waals surface area (Å²) >= 11 is 0. The minimum Gasteiger partial charge on any atom is -0.252 e. The molecule has 0 amide bonds. The topological polar surface area (TPSA) is 30.0 Å². The van der Waals surface area contributed by atoms with Crippen LogP contribution in [0.4, 0.5) is 0 Å². The van der Waals surface area contributed by atoms with Crippen molar-refractivity contribution >= 4 is 10.8 Å². The van der Waals surface area contributed by atoms with Gasteiger partial charge in [-0.3, -0.25) is 4.21 Å². The van der Waals surface area contributed by atoms with Gasteiger partial charge in [-0.25, -0.2) is 4.98 Å². The number of hydrogen-bond acceptors (Lipinski definition) is 2. The molecule has 0 fully saturated rings. The second-order valence-electron chi connectivity index (χ2n) is 4.09. The molecule has 0 aliphatic heterocycles. The molecule has 1 unspecified atom stereocenters. The molecule has 0 N–H and O–H groups in total. The van der Waals surface area contributed by atoms with Crippen molar-refractivity contribution in [3.63, 3.8) is 0 Å². The van der Waals surface area contributed by atoms with Gasteiger partial charge in [0.25, 0.3) is 0 Å². The Hall–Kier alpha value is -1.48. The van der Waals surface area contributed by atoms with Crippen LogP contribution in [0.3, 0.4) is 0 Å². The van der Waals surface area contributed by atoms with Gasteiger partial charge in [-0.1, -0.05) is 29.8 Å². The molecule has 0 saturated carbocycles. The maximum Gasteiger partial charge on any atom is 0.127 e. The zero-order chi connectivity index (χ0) is 12.3. The van der Waals surface area contributed by atoms with Crippen LogP contribution in [0.15, 0.2) is 47.6 Å². The fourth-order valence-corrected chi connectivity index (χ4v) is 2.87. The first-order valence-electron chi connectivity index (χ1n) is 5.52. The average molecular weight is 245 g/mol. The molecule has 1 aromatic heterocycles. The summed E-state index contributed by atoms with van der Waals surface area (Å²) in [5.74, 6) is 0.531. The lowest BCUT2D eigenvalue weighted by atomic mass is 10.1. The van der Waals surface area contributed by atoms with E-state index >= 15 is 0 Å². The first-order chi connectivity index (χ1) is 8.16. The van der Waals surface area contributed by atoms with Gasteiger partial charge in [0.05, 0.1) is 16.6 Å². The number of benzene rings is 1. The van der Waals surface area contributed by atoms with Gasteiger partial charge in [0.15, 0.2) is 0 Å². The van der Waals surface area contributed by atoms with E-state index in [1.54, 1.807) is 12.3 Å². The molecule has 1 aromatic carbocycles. The van der Waals surface area contributed by atoms with Gasteiger partial charge in [0.1, 0.15) is 5.03 Å². The lowest BCUT2D eigenvalue weighted by Crippen LogP contribution is -2.00. The minimum absolute atomic E-state index is 0.531. The molecule has 0 saturated heterocycles. The lowest BCUT2D eigenvalue weighted by Gasteiger charge is -2.06. The Labute approximate surface area is 104 Å². The number of hydrogen-bond donors (Lipinski definition) is 0. The molecule has 0 aliphatic carbocycles. The number of aryl methyl sites for hydroxylation is 2. The fraction of sp³-hybridized carbons (Fsp3) is 0.214. The van der Waals surface area contributed by atoms with Crippen LogP contribution < -0.4 is 0 Å². The van der Waals surface area contributed by atoms with Crippen LogP contribution in [0.25, 0.3) is 0 Å². The van der Waals surface area contributed by atoms with Gasteiger partial charge in [-0.05, 0) is 37.1 Å². The Morgan fingerprint density at radius 2 is 2.00 bits per heavy atom. The van der Waals surface area contributed by atoms with Gasteiger partial charge < -0.3 is 0 Å². The van der Waals surface area contributed by atoms with Crippen LogP contribution in [0.1, 0.15) is 16.7 Å². The van der Waals surface area contributed by atoms with Crippen LogP contribution >= 0.6 is 0 Å². The molecule has 3 heteroatoms. The van der Waals surface area contributed by atoms with Crippen LogP contribution in [-0.4, -0.2) is 9.19 Å². The smallest absolute Gasteiger partial charge is 0.127 e. The summed E-state index contributed by atoms with van der Waals surface area (Å²) in [4.78, 5) is 4.12. The van der Waals surface area contributed by atoms with Gasteiger partial charge >= 0.3 is 0 Å². The molecule has 17 heavy (non-hydrogen) atoms. The molecule has 0 spiro atoms. The predicted octanol–water partition coefficient (Wildman–Crippen LogP) is 3.01. The van der Waals surface area contributed by atoms with Crippen molar-refractivity contribution in [2.24, 2.45) is 0 Å². The third-order valence-corrected chi connectivity index (χ3v) is 3.94. The van der Waals surface area contributed by atoms with Crippen molar-refractivity contribution in [2.45, 2.75) is 24.6 Å². The molecule has 1 heterocycles. The van der Waals surface area contributed by atoms with Crippen LogP contribution in [0.5, 0.6) is 0 Å². The van der Waals surface area contributed by atoms with E-state index in [1.165, 1.54) is 11.1 Å². The highest BCUT2D eigenvalue weighted by Gasteiger charge is 2.07. The number of nitrogens with zero attached hydrogens (tertiary/aromatic N) is 1. The van der Waals surface area contributed by atoms with E-state index < -0.39 is 10.8 Å². The quantitative estimate of drug-likeness (QED) is 0.832. The minimum atomic E-state index is -1.06. The number of pyridine rings is 1. The van der Waals surface area contributed by atoms with Crippen LogP contribution in [0.2, 0.25) is 0 Å². The molecule has 88 valence electrons. The zero-order valence-electron chi connectivity index (χ0n) is 10.0. The Kier molecular flexibility index (Phi) is 3.69. The number of aromatic nitrogens is 1. The van der Waals surface area contributed by atoms with E-state index in [4.69, 9.17) is 0 Å². The summed E-state index contributed by atoms with van der Waals surface area (Å²) in [6.07, 6.45) is 1.68. The van der Waals surface area contributed by atoms with E-state index in [9.17, 15) is 4.21 Å². The zero-order valence-corrected chi connectivity index (χ0v) is 10.8.